The number of hydrogen-bond donors (Lipinski definition) is 0. The van der Waals surface area contributed by atoms with E-state index in [4.69, 9.17) is 0 Å². The van der Waals surface area contributed by atoms with Crippen LogP contribution in [0.15, 0.2) is 28.3 Å². The lowest BCUT2D eigenvalue weighted by Gasteiger charge is -1.95. The van der Waals surface area contributed by atoms with Crippen LogP contribution in [0.4, 0.5) is 0 Å². The lowest BCUT2D eigenvalue weighted by atomic mass is 10.4. The van der Waals surface area contributed by atoms with E-state index in [0.717, 1.165) is 9.61 Å². The molecule has 0 radical (unpaired) electrons. The average Bonchev–Trinajstić information content (AvgIpc) is 2.58. The molecule has 0 amide bonds. The van der Waals surface area contributed by atoms with Crippen molar-refractivity contribution in [3.05, 3.63) is 28.3 Å². The lowest BCUT2D eigenvalue weighted by molar-refractivity contribution is 0.928. The van der Waals surface area contributed by atoms with Gasteiger partial charge in [-0.3, -0.25) is 0 Å². The van der Waals surface area contributed by atoms with E-state index in [1.54, 1.807) is 11.3 Å². The molecule has 0 saturated heterocycles. The van der Waals surface area contributed by atoms with Crippen molar-refractivity contribution in [1.29, 1.82) is 0 Å². The molecule has 0 aliphatic heterocycles. The molecule has 0 aliphatic carbocycles. The number of hydrogen-bond acceptors (Lipinski definition) is 2. The number of nitrogens with zero attached hydrogens (tertiary/aromatic N) is 2. The molecule has 0 bridgehead atoms. The minimum absolute atomic E-state index is 1.02. The second-order valence-corrected chi connectivity index (χ2v) is 4.93. The summed E-state index contributed by atoms with van der Waals surface area (Å²) < 4.78 is 3.15. The topological polar surface area (TPSA) is 17.8 Å². The summed E-state index contributed by atoms with van der Waals surface area (Å²) in [5, 5.41) is 0. The van der Waals surface area contributed by atoms with E-state index in [1.165, 1.54) is 4.88 Å². The van der Waals surface area contributed by atoms with Crippen LogP contribution < -0.4 is 0 Å². The van der Waals surface area contributed by atoms with Gasteiger partial charge in [-0.05, 0) is 28.1 Å². The van der Waals surface area contributed by atoms with Crippen molar-refractivity contribution in [1.82, 2.24) is 9.55 Å². The first kappa shape index (κ1) is 8.01. The molecule has 0 N–H and O–H groups in total. The van der Waals surface area contributed by atoms with Crippen LogP contribution in [-0.4, -0.2) is 9.55 Å². The highest BCUT2D eigenvalue weighted by atomic mass is 79.9. The van der Waals surface area contributed by atoms with Crippen LogP contribution in [0.1, 0.15) is 0 Å². The highest BCUT2D eigenvalue weighted by molar-refractivity contribution is 9.11. The SMILES string of the molecule is Cn1ccnc1-c1ccc(Br)s1. The fraction of sp³-hybridized carbons (Fsp3) is 0.125. The molecule has 2 heterocycles. The fourth-order valence-corrected chi connectivity index (χ4v) is 2.46. The minimum atomic E-state index is 1.02. The zero-order chi connectivity index (χ0) is 8.55. The Balaban J connectivity index is 2.50. The van der Waals surface area contributed by atoms with Gasteiger partial charge in [0.1, 0.15) is 5.82 Å². The number of aryl methyl sites for hydroxylation is 1. The zero-order valence-corrected chi connectivity index (χ0v) is 8.89. The second-order valence-electron chi connectivity index (χ2n) is 2.47. The van der Waals surface area contributed by atoms with Crippen molar-refractivity contribution >= 4 is 27.3 Å². The van der Waals surface area contributed by atoms with Crippen LogP contribution in [0.5, 0.6) is 0 Å². The van der Waals surface area contributed by atoms with Crippen LogP contribution in [-0.2, 0) is 7.05 Å². The van der Waals surface area contributed by atoms with Crippen molar-refractivity contribution < 1.29 is 0 Å². The summed E-state index contributed by atoms with van der Waals surface area (Å²) in [6.07, 6.45) is 3.76. The highest BCUT2D eigenvalue weighted by Crippen LogP contribution is 2.29. The summed E-state index contributed by atoms with van der Waals surface area (Å²) in [4.78, 5) is 5.44. The molecule has 0 unspecified atom stereocenters. The average molecular weight is 243 g/mol. The third-order valence-electron chi connectivity index (χ3n) is 1.61. The molecule has 2 nitrogen and oxygen atoms in total. The number of imidazole rings is 1. The van der Waals surface area contributed by atoms with Crippen LogP contribution >= 0.6 is 27.3 Å². The van der Waals surface area contributed by atoms with Crippen LogP contribution in [0, 0.1) is 0 Å². The minimum Gasteiger partial charge on any atom is -0.333 e. The zero-order valence-electron chi connectivity index (χ0n) is 6.49. The van der Waals surface area contributed by atoms with Gasteiger partial charge in [0, 0.05) is 19.4 Å². The van der Waals surface area contributed by atoms with E-state index in [2.05, 4.69) is 27.0 Å². The lowest BCUT2D eigenvalue weighted by Crippen LogP contribution is -1.87. The maximum absolute atomic E-state index is 4.25. The molecule has 2 rings (SSSR count). The third kappa shape index (κ3) is 1.32. The van der Waals surface area contributed by atoms with Gasteiger partial charge in [0.25, 0.3) is 0 Å². The quantitative estimate of drug-likeness (QED) is 0.752. The Morgan fingerprint density at radius 2 is 2.33 bits per heavy atom. The first-order valence-corrected chi connectivity index (χ1v) is 5.11. The van der Waals surface area contributed by atoms with Gasteiger partial charge in [0.15, 0.2) is 0 Å². The smallest absolute Gasteiger partial charge is 0.149 e. The summed E-state index contributed by atoms with van der Waals surface area (Å²) >= 11 is 5.12. The Morgan fingerprint density at radius 1 is 1.50 bits per heavy atom. The van der Waals surface area contributed by atoms with Crippen LogP contribution in [0.3, 0.4) is 0 Å². The molecule has 4 heteroatoms. The maximum atomic E-state index is 4.25. The van der Waals surface area contributed by atoms with E-state index >= 15 is 0 Å². The van der Waals surface area contributed by atoms with E-state index in [-0.39, 0.29) is 0 Å². The molecule has 2 aromatic heterocycles. The Bertz CT molecular complexity index is 391. The van der Waals surface area contributed by atoms with Crippen LogP contribution in [0.2, 0.25) is 0 Å². The third-order valence-corrected chi connectivity index (χ3v) is 3.23. The predicted molar refractivity (Wildman–Crippen MR) is 54.2 cm³/mol. The molecule has 2 aromatic rings. The maximum Gasteiger partial charge on any atom is 0.149 e. The van der Waals surface area contributed by atoms with Gasteiger partial charge in [-0.1, -0.05) is 0 Å². The largest absolute Gasteiger partial charge is 0.333 e. The standard InChI is InChI=1S/C8H7BrN2S/c1-11-5-4-10-8(11)6-2-3-7(9)12-6/h2-5H,1H3. The molecule has 62 valence electrons. The molecular formula is C8H7BrN2S. The first-order valence-electron chi connectivity index (χ1n) is 3.50. The van der Waals surface area contributed by atoms with Gasteiger partial charge >= 0.3 is 0 Å². The summed E-state index contributed by atoms with van der Waals surface area (Å²) in [6.45, 7) is 0. The Labute approximate surface area is 83.0 Å². The van der Waals surface area contributed by atoms with Crippen molar-refractivity contribution in [3.8, 4) is 10.7 Å². The summed E-state index contributed by atoms with van der Waals surface area (Å²) in [7, 11) is 2.00. The number of rotatable bonds is 1. The van der Waals surface area contributed by atoms with Gasteiger partial charge in [-0.2, -0.15) is 0 Å². The first-order chi connectivity index (χ1) is 5.77. The number of thiophene rings is 1. The van der Waals surface area contributed by atoms with E-state index < -0.39 is 0 Å². The molecular weight excluding hydrogens is 236 g/mol. The van der Waals surface area contributed by atoms with Crippen molar-refractivity contribution in [2.24, 2.45) is 7.05 Å². The van der Waals surface area contributed by atoms with Gasteiger partial charge < -0.3 is 4.57 Å². The molecule has 0 fully saturated rings. The number of aromatic nitrogens is 2. The summed E-state index contributed by atoms with van der Waals surface area (Å²) in [6, 6.07) is 4.10. The second kappa shape index (κ2) is 3.03. The van der Waals surface area contributed by atoms with Crippen molar-refractivity contribution in [3.63, 3.8) is 0 Å². The normalized spacial score (nSPS) is 10.5. The van der Waals surface area contributed by atoms with Gasteiger partial charge in [0.2, 0.25) is 0 Å². The summed E-state index contributed by atoms with van der Waals surface area (Å²) in [5.41, 5.74) is 0. The molecule has 0 aromatic carbocycles. The van der Waals surface area contributed by atoms with Crippen LogP contribution in [0.25, 0.3) is 10.7 Å². The fourth-order valence-electron chi connectivity index (χ4n) is 1.04. The molecule has 0 aliphatic rings. The Kier molecular flexibility index (Phi) is 2.02. The molecule has 0 spiro atoms. The van der Waals surface area contributed by atoms with E-state index in [9.17, 15) is 0 Å². The van der Waals surface area contributed by atoms with Gasteiger partial charge in [0.05, 0.1) is 8.66 Å². The van der Waals surface area contributed by atoms with Gasteiger partial charge in [-0.15, -0.1) is 11.3 Å². The number of halogens is 1. The Morgan fingerprint density at radius 3 is 2.83 bits per heavy atom. The van der Waals surface area contributed by atoms with Gasteiger partial charge in [-0.25, -0.2) is 4.98 Å². The highest BCUT2D eigenvalue weighted by Gasteiger charge is 2.04. The Hall–Kier alpha value is -0.610. The van der Waals surface area contributed by atoms with E-state index in [1.807, 2.05) is 30.1 Å². The summed E-state index contributed by atoms with van der Waals surface area (Å²) in [5.74, 6) is 1.02. The van der Waals surface area contributed by atoms with E-state index in [0.29, 0.717) is 0 Å². The monoisotopic (exact) mass is 242 g/mol. The molecule has 12 heavy (non-hydrogen) atoms. The molecule has 0 atom stereocenters. The van der Waals surface area contributed by atoms with Crippen molar-refractivity contribution in [2.45, 2.75) is 0 Å². The van der Waals surface area contributed by atoms with Crippen molar-refractivity contribution in [2.75, 3.05) is 0 Å². The molecule has 0 saturated carbocycles. The predicted octanol–water partition coefficient (Wildman–Crippen LogP) is 2.91.